The molecule has 1 fully saturated rings. The molecule has 1 aliphatic rings. The summed E-state index contributed by atoms with van der Waals surface area (Å²) in [5.41, 5.74) is 3.07. The molecule has 5 heteroatoms. The van der Waals surface area contributed by atoms with Gasteiger partial charge in [0, 0.05) is 35.9 Å². The predicted octanol–water partition coefficient (Wildman–Crippen LogP) is 3.39. The number of amides is 1. The molecule has 3 aromatic heterocycles. The molecule has 4 heterocycles. The molecule has 0 N–H and O–H groups in total. The highest BCUT2D eigenvalue weighted by Crippen LogP contribution is 2.27. The molecule has 0 atom stereocenters. The highest BCUT2D eigenvalue weighted by atomic mass is 32.1. The van der Waals surface area contributed by atoms with Gasteiger partial charge >= 0.3 is 0 Å². The average Bonchev–Trinajstić information content (AvgIpc) is 3.29. The molecule has 0 aliphatic carbocycles. The zero-order chi connectivity index (χ0) is 14.9. The topological polar surface area (TPSA) is 38.1 Å². The average molecular weight is 311 g/mol. The standard InChI is InChI=1S/C17H17N3OS/c21-17(19-6-1-2-7-19)12-20-8-5-14-15(20)10-13(11-18-14)16-4-3-9-22-16/h3-5,8-11H,1-2,6-7,12H2. The third-order valence-electron chi connectivity index (χ3n) is 4.19. The fourth-order valence-corrected chi connectivity index (χ4v) is 3.70. The maximum atomic E-state index is 12.4. The second-order valence-electron chi connectivity index (χ2n) is 5.64. The van der Waals surface area contributed by atoms with Crippen molar-refractivity contribution in [2.24, 2.45) is 0 Å². The van der Waals surface area contributed by atoms with E-state index in [1.165, 1.54) is 4.88 Å². The number of pyridine rings is 1. The first-order valence-corrected chi connectivity index (χ1v) is 8.46. The van der Waals surface area contributed by atoms with Crippen LogP contribution in [0.25, 0.3) is 21.5 Å². The monoisotopic (exact) mass is 311 g/mol. The van der Waals surface area contributed by atoms with Crippen molar-refractivity contribution in [2.45, 2.75) is 19.4 Å². The summed E-state index contributed by atoms with van der Waals surface area (Å²) in [6, 6.07) is 8.24. The van der Waals surface area contributed by atoms with Crippen LogP contribution in [-0.4, -0.2) is 33.4 Å². The largest absolute Gasteiger partial charge is 0.341 e. The fraction of sp³-hybridized carbons (Fsp3) is 0.294. The van der Waals surface area contributed by atoms with Gasteiger partial charge in [-0.25, -0.2) is 0 Å². The van der Waals surface area contributed by atoms with Gasteiger partial charge in [-0.3, -0.25) is 9.78 Å². The maximum Gasteiger partial charge on any atom is 0.242 e. The lowest BCUT2D eigenvalue weighted by molar-refractivity contribution is -0.130. The van der Waals surface area contributed by atoms with Crippen LogP contribution < -0.4 is 0 Å². The van der Waals surface area contributed by atoms with E-state index >= 15 is 0 Å². The van der Waals surface area contributed by atoms with E-state index in [4.69, 9.17) is 0 Å². The van der Waals surface area contributed by atoms with Crippen LogP contribution in [0.3, 0.4) is 0 Å². The Balaban J connectivity index is 1.66. The minimum Gasteiger partial charge on any atom is -0.341 e. The number of carbonyl (C=O) groups is 1. The normalized spacial score (nSPS) is 14.8. The highest BCUT2D eigenvalue weighted by Gasteiger charge is 2.18. The first kappa shape index (κ1) is 13.5. The Morgan fingerprint density at radius 1 is 1.27 bits per heavy atom. The quantitative estimate of drug-likeness (QED) is 0.743. The van der Waals surface area contributed by atoms with Crippen molar-refractivity contribution in [2.75, 3.05) is 13.1 Å². The summed E-state index contributed by atoms with van der Waals surface area (Å²) in [4.78, 5) is 20.0. The minimum absolute atomic E-state index is 0.205. The van der Waals surface area contributed by atoms with Gasteiger partial charge in [-0.15, -0.1) is 11.3 Å². The zero-order valence-electron chi connectivity index (χ0n) is 12.2. The Bertz CT molecular complexity index is 801. The number of carbonyl (C=O) groups excluding carboxylic acids is 1. The number of rotatable bonds is 3. The van der Waals surface area contributed by atoms with Crippen molar-refractivity contribution in [3.8, 4) is 10.4 Å². The summed E-state index contributed by atoms with van der Waals surface area (Å²) in [6.45, 7) is 2.20. The van der Waals surface area contributed by atoms with E-state index in [-0.39, 0.29) is 5.91 Å². The molecule has 0 bridgehead atoms. The number of likely N-dealkylation sites (tertiary alicyclic amines) is 1. The van der Waals surface area contributed by atoms with E-state index in [0.717, 1.165) is 42.5 Å². The van der Waals surface area contributed by atoms with Crippen LogP contribution in [0.2, 0.25) is 0 Å². The fourth-order valence-electron chi connectivity index (χ4n) is 2.99. The van der Waals surface area contributed by atoms with E-state index in [9.17, 15) is 4.79 Å². The van der Waals surface area contributed by atoms with Crippen LogP contribution in [0.1, 0.15) is 12.8 Å². The van der Waals surface area contributed by atoms with Crippen molar-refractivity contribution in [1.29, 1.82) is 0 Å². The molecule has 4 nitrogen and oxygen atoms in total. The van der Waals surface area contributed by atoms with Crippen molar-refractivity contribution in [1.82, 2.24) is 14.5 Å². The molecular formula is C17H17N3OS. The summed E-state index contributed by atoms with van der Waals surface area (Å²) >= 11 is 1.70. The molecule has 1 saturated heterocycles. The van der Waals surface area contributed by atoms with Gasteiger partial charge in [0.1, 0.15) is 6.54 Å². The van der Waals surface area contributed by atoms with Crippen LogP contribution in [0.15, 0.2) is 42.0 Å². The van der Waals surface area contributed by atoms with Crippen molar-refractivity contribution >= 4 is 28.3 Å². The number of aromatic nitrogens is 2. The molecule has 0 spiro atoms. The van der Waals surface area contributed by atoms with Gasteiger partial charge in [0.15, 0.2) is 0 Å². The molecule has 0 unspecified atom stereocenters. The third kappa shape index (κ3) is 2.41. The van der Waals surface area contributed by atoms with E-state index in [1.54, 1.807) is 11.3 Å². The number of fused-ring (bicyclic) bond motifs is 1. The summed E-state index contributed by atoms with van der Waals surface area (Å²) in [7, 11) is 0. The summed E-state index contributed by atoms with van der Waals surface area (Å²) in [5.74, 6) is 0.205. The SMILES string of the molecule is O=C(Cn1ccc2ncc(-c3cccs3)cc21)N1CCCC1. The smallest absolute Gasteiger partial charge is 0.242 e. The summed E-state index contributed by atoms with van der Waals surface area (Å²) in [6.07, 6.45) is 6.12. The molecular weight excluding hydrogens is 294 g/mol. The van der Waals surface area contributed by atoms with Crippen LogP contribution >= 0.6 is 11.3 Å². The van der Waals surface area contributed by atoms with E-state index in [0.29, 0.717) is 6.54 Å². The minimum atomic E-state index is 0.205. The second-order valence-corrected chi connectivity index (χ2v) is 6.58. The lowest BCUT2D eigenvalue weighted by Crippen LogP contribution is -2.30. The molecule has 0 saturated carbocycles. The van der Waals surface area contributed by atoms with Gasteiger partial charge in [0.05, 0.1) is 11.0 Å². The van der Waals surface area contributed by atoms with Gasteiger partial charge in [0.25, 0.3) is 0 Å². The van der Waals surface area contributed by atoms with Crippen LogP contribution in [0.4, 0.5) is 0 Å². The number of nitrogens with zero attached hydrogens (tertiary/aromatic N) is 3. The van der Waals surface area contributed by atoms with Crippen molar-refractivity contribution in [3.63, 3.8) is 0 Å². The zero-order valence-corrected chi connectivity index (χ0v) is 13.1. The van der Waals surface area contributed by atoms with Gasteiger partial charge in [-0.2, -0.15) is 0 Å². The molecule has 0 aromatic carbocycles. The molecule has 4 rings (SSSR count). The predicted molar refractivity (Wildman–Crippen MR) is 88.9 cm³/mol. The Kier molecular flexibility index (Phi) is 3.42. The Hall–Kier alpha value is -2.14. The molecule has 112 valence electrons. The molecule has 22 heavy (non-hydrogen) atoms. The van der Waals surface area contributed by atoms with E-state index < -0.39 is 0 Å². The van der Waals surface area contributed by atoms with Gasteiger partial charge in [-0.1, -0.05) is 6.07 Å². The number of hydrogen-bond acceptors (Lipinski definition) is 3. The second kappa shape index (κ2) is 5.57. The van der Waals surface area contributed by atoms with Crippen molar-refractivity contribution < 1.29 is 4.79 Å². The lowest BCUT2D eigenvalue weighted by atomic mass is 10.2. The first-order chi connectivity index (χ1) is 10.8. The Labute approximate surface area is 133 Å². The van der Waals surface area contributed by atoms with Crippen LogP contribution in [0, 0.1) is 0 Å². The summed E-state index contributed by atoms with van der Waals surface area (Å²) in [5, 5.41) is 2.06. The highest BCUT2D eigenvalue weighted by molar-refractivity contribution is 7.13. The summed E-state index contributed by atoms with van der Waals surface area (Å²) < 4.78 is 2.01. The van der Waals surface area contributed by atoms with Crippen molar-refractivity contribution in [3.05, 3.63) is 42.0 Å². The van der Waals surface area contributed by atoms with E-state index in [1.807, 2.05) is 34.0 Å². The van der Waals surface area contributed by atoms with Gasteiger partial charge in [-0.05, 0) is 36.4 Å². The molecule has 0 radical (unpaired) electrons. The number of thiophene rings is 1. The third-order valence-corrected chi connectivity index (χ3v) is 5.11. The Morgan fingerprint density at radius 3 is 2.91 bits per heavy atom. The van der Waals surface area contributed by atoms with Crippen LogP contribution in [-0.2, 0) is 11.3 Å². The molecule has 1 aliphatic heterocycles. The van der Waals surface area contributed by atoms with Crippen LogP contribution in [0.5, 0.6) is 0 Å². The maximum absolute atomic E-state index is 12.4. The van der Waals surface area contributed by atoms with E-state index in [2.05, 4.69) is 22.5 Å². The van der Waals surface area contributed by atoms with Gasteiger partial charge < -0.3 is 9.47 Å². The first-order valence-electron chi connectivity index (χ1n) is 7.58. The Morgan fingerprint density at radius 2 is 2.14 bits per heavy atom. The number of hydrogen-bond donors (Lipinski definition) is 0. The molecule has 3 aromatic rings. The molecule has 1 amide bonds. The van der Waals surface area contributed by atoms with Gasteiger partial charge in [0.2, 0.25) is 5.91 Å². The lowest BCUT2D eigenvalue weighted by Gasteiger charge is -2.16.